The van der Waals surface area contributed by atoms with E-state index in [1.54, 1.807) is 19.1 Å². The van der Waals surface area contributed by atoms with Crippen molar-refractivity contribution in [3.8, 4) is 0 Å². The van der Waals surface area contributed by atoms with Crippen LogP contribution in [0.2, 0.25) is 10.2 Å². The van der Waals surface area contributed by atoms with E-state index in [-0.39, 0.29) is 24.1 Å². The van der Waals surface area contributed by atoms with Crippen molar-refractivity contribution in [2.24, 2.45) is 0 Å². The highest BCUT2D eigenvalue weighted by Crippen LogP contribution is 2.27. The van der Waals surface area contributed by atoms with Crippen molar-refractivity contribution < 1.29 is 4.79 Å². The van der Waals surface area contributed by atoms with Gasteiger partial charge in [-0.05, 0) is 49.6 Å². The first-order valence-electron chi connectivity index (χ1n) is 11.7. The number of halogens is 2. The lowest BCUT2D eigenvalue weighted by atomic mass is 10.1. The molecule has 11 heteroatoms. The Morgan fingerprint density at radius 1 is 1.14 bits per heavy atom. The van der Waals surface area contributed by atoms with E-state index >= 15 is 0 Å². The molecule has 184 valence electrons. The zero-order valence-electron chi connectivity index (χ0n) is 19.3. The first-order valence-corrected chi connectivity index (χ1v) is 12.5. The van der Waals surface area contributed by atoms with E-state index in [4.69, 9.17) is 23.2 Å². The van der Waals surface area contributed by atoms with E-state index in [0.29, 0.717) is 33.3 Å². The second-order valence-corrected chi connectivity index (χ2v) is 9.76. The van der Waals surface area contributed by atoms with Crippen molar-refractivity contribution in [3.05, 3.63) is 66.5 Å². The van der Waals surface area contributed by atoms with Gasteiger partial charge in [0.1, 0.15) is 5.69 Å². The fourth-order valence-corrected chi connectivity index (χ4v) is 5.04. The van der Waals surface area contributed by atoms with Gasteiger partial charge >= 0.3 is 5.69 Å². The molecule has 1 aliphatic carbocycles. The van der Waals surface area contributed by atoms with Gasteiger partial charge in [0, 0.05) is 45.3 Å². The topological polar surface area (TPSA) is 103 Å². The molecular weight excluding hydrogens is 491 g/mol. The van der Waals surface area contributed by atoms with Crippen molar-refractivity contribution >= 4 is 45.7 Å². The third-order valence-electron chi connectivity index (χ3n) is 6.51. The molecule has 1 saturated heterocycles. The Morgan fingerprint density at radius 2 is 1.89 bits per heavy atom. The number of carbonyl (C=O) groups is 1. The van der Waals surface area contributed by atoms with Crippen LogP contribution in [-0.2, 0) is 13.1 Å². The van der Waals surface area contributed by atoms with Crippen LogP contribution in [0.3, 0.4) is 0 Å². The largest absolute Gasteiger partial charge is 0.366 e. The predicted octanol–water partition coefficient (Wildman–Crippen LogP) is 2.63. The summed E-state index contributed by atoms with van der Waals surface area (Å²) in [6.45, 7) is 5.71. The fourth-order valence-electron chi connectivity index (χ4n) is 4.45. The molecule has 35 heavy (non-hydrogen) atoms. The van der Waals surface area contributed by atoms with Gasteiger partial charge in [-0.15, -0.1) is 0 Å². The molecule has 2 aliphatic rings. The molecule has 3 heterocycles. The summed E-state index contributed by atoms with van der Waals surface area (Å²) in [4.78, 5) is 48.6. The fraction of sp³-hybridized carbons (Fsp3) is 0.417. The zero-order valence-corrected chi connectivity index (χ0v) is 20.8. The summed E-state index contributed by atoms with van der Waals surface area (Å²) in [6.07, 6.45) is 2.04. The van der Waals surface area contributed by atoms with E-state index in [1.807, 2.05) is 12.1 Å². The quantitative estimate of drug-likeness (QED) is 0.488. The molecule has 0 spiro atoms. The van der Waals surface area contributed by atoms with Gasteiger partial charge in [0.25, 0.3) is 11.5 Å². The molecular formula is C24H26Cl2N6O3. The number of fused-ring (bicyclic) bond motifs is 1. The average Bonchev–Trinajstić information content (AvgIpc) is 3.63. The monoisotopic (exact) mass is 516 g/mol. The Morgan fingerprint density at radius 3 is 2.54 bits per heavy atom. The minimum atomic E-state index is -0.437. The molecule has 0 bridgehead atoms. The van der Waals surface area contributed by atoms with Crippen molar-refractivity contribution in [1.82, 2.24) is 24.8 Å². The van der Waals surface area contributed by atoms with Crippen LogP contribution in [-0.4, -0.2) is 57.6 Å². The predicted molar refractivity (Wildman–Crippen MR) is 137 cm³/mol. The van der Waals surface area contributed by atoms with Crippen molar-refractivity contribution in [2.75, 3.05) is 31.1 Å². The minimum absolute atomic E-state index is 0.185. The summed E-state index contributed by atoms with van der Waals surface area (Å²) >= 11 is 12.9. The number of nitrogens with zero attached hydrogens (tertiary/aromatic N) is 4. The molecule has 2 fully saturated rings. The zero-order chi connectivity index (χ0) is 24.7. The number of pyridine rings is 1. The van der Waals surface area contributed by atoms with Crippen LogP contribution in [0.1, 0.15) is 35.8 Å². The first kappa shape index (κ1) is 23.8. The van der Waals surface area contributed by atoms with Gasteiger partial charge in [-0.2, -0.15) is 0 Å². The van der Waals surface area contributed by atoms with E-state index in [1.165, 1.54) is 0 Å². The third kappa shape index (κ3) is 4.94. The number of carbonyl (C=O) groups excluding carboxylic acids is 1. The summed E-state index contributed by atoms with van der Waals surface area (Å²) < 4.78 is 1.14. The van der Waals surface area contributed by atoms with E-state index < -0.39 is 5.69 Å². The van der Waals surface area contributed by atoms with Crippen LogP contribution < -0.4 is 21.5 Å². The molecule has 2 aromatic heterocycles. The average molecular weight is 517 g/mol. The molecule has 3 aromatic rings. The van der Waals surface area contributed by atoms with Crippen LogP contribution in [0.5, 0.6) is 0 Å². The Kier molecular flexibility index (Phi) is 6.57. The minimum Gasteiger partial charge on any atom is -0.366 e. The van der Waals surface area contributed by atoms with Crippen LogP contribution >= 0.6 is 23.2 Å². The number of aromatic nitrogens is 3. The van der Waals surface area contributed by atoms with E-state index in [0.717, 1.165) is 54.8 Å². The molecule has 0 unspecified atom stereocenters. The van der Waals surface area contributed by atoms with Gasteiger partial charge in [0.2, 0.25) is 0 Å². The normalized spacial score (nSPS) is 16.6. The van der Waals surface area contributed by atoms with Gasteiger partial charge in [0.05, 0.1) is 21.6 Å². The number of rotatable bonds is 6. The van der Waals surface area contributed by atoms with Crippen molar-refractivity contribution in [1.29, 1.82) is 0 Å². The second kappa shape index (κ2) is 9.64. The van der Waals surface area contributed by atoms with Gasteiger partial charge in [0.15, 0.2) is 5.15 Å². The summed E-state index contributed by atoms with van der Waals surface area (Å²) in [5.41, 5.74) is 1.71. The SMILES string of the molecule is CCn1c(=O)[nH]c2cc(CN3CCN(c4ccc(C(=O)NC5CC5)nc4Cl)CC3)cc(Cl)c2c1=O. The second-order valence-electron chi connectivity index (χ2n) is 9.00. The molecule has 9 nitrogen and oxygen atoms in total. The van der Waals surface area contributed by atoms with Crippen LogP contribution in [0.15, 0.2) is 33.9 Å². The van der Waals surface area contributed by atoms with Crippen molar-refractivity contribution in [2.45, 2.75) is 38.9 Å². The maximum atomic E-state index is 12.6. The van der Waals surface area contributed by atoms with E-state index in [2.05, 4.69) is 25.1 Å². The number of H-pyrrole nitrogens is 1. The lowest BCUT2D eigenvalue weighted by Crippen LogP contribution is -2.46. The van der Waals surface area contributed by atoms with E-state index in [9.17, 15) is 14.4 Å². The van der Waals surface area contributed by atoms with Gasteiger partial charge in [-0.3, -0.25) is 19.1 Å². The number of hydrogen-bond acceptors (Lipinski definition) is 6. The maximum absolute atomic E-state index is 12.6. The molecule has 2 N–H and O–H groups in total. The molecule has 5 rings (SSSR count). The number of benzene rings is 1. The standard InChI is InChI=1S/C24H26Cl2N6O3/c1-2-32-23(34)20-16(25)11-14(12-18(20)29-24(32)35)13-30-7-9-31(10-8-30)19-6-5-17(28-21(19)26)22(33)27-15-3-4-15/h5-6,11-12,15H,2-4,7-10,13H2,1H3,(H,27,33)(H,29,35). The Bertz CT molecular complexity index is 1410. The third-order valence-corrected chi connectivity index (χ3v) is 7.08. The number of nitrogens with one attached hydrogen (secondary N) is 2. The molecule has 1 amide bonds. The first-order chi connectivity index (χ1) is 16.8. The highest BCUT2D eigenvalue weighted by atomic mass is 35.5. The lowest BCUT2D eigenvalue weighted by molar-refractivity contribution is 0.0946. The molecule has 1 saturated carbocycles. The number of aromatic amines is 1. The summed E-state index contributed by atoms with van der Waals surface area (Å²) in [7, 11) is 0. The number of piperazine rings is 1. The molecule has 1 aliphatic heterocycles. The Hall–Kier alpha value is -2.88. The summed E-state index contributed by atoms with van der Waals surface area (Å²) in [6, 6.07) is 7.46. The molecule has 1 aromatic carbocycles. The highest BCUT2D eigenvalue weighted by molar-refractivity contribution is 6.35. The number of amides is 1. The van der Waals surface area contributed by atoms with Crippen LogP contribution in [0.25, 0.3) is 10.9 Å². The van der Waals surface area contributed by atoms with Gasteiger partial charge in [-0.1, -0.05) is 23.2 Å². The highest BCUT2D eigenvalue weighted by Gasteiger charge is 2.25. The number of hydrogen-bond donors (Lipinski definition) is 2. The summed E-state index contributed by atoms with van der Waals surface area (Å²) in [5.74, 6) is -0.185. The molecule has 0 atom stereocenters. The maximum Gasteiger partial charge on any atom is 0.328 e. The Balaban J connectivity index is 1.26. The Labute approximate surface area is 211 Å². The van der Waals surface area contributed by atoms with Crippen molar-refractivity contribution in [3.63, 3.8) is 0 Å². The lowest BCUT2D eigenvalue weighted by Gasteiger charge is -2.36. The van der Waals surface area contributed by atoms with Crippen LogP contribution in [0, 0.1) is 0 Å². The van der Waals surface area contributed by atoms with Gasteiger partial charge in [-0.25, -0.2) is 9.78 Å². The summed E-state index contributed by atoms with van der Waals surface area (Å²) in [5, 5.41) is 3.92. The number of anilines is 1. The molecule has 0 radical (unpaired) electrons. The van der Waals surface area contributed by atoms with Gasteiger partial charge < -0.3 is 15.2 Å². The van der Waals surface area contributed by atoms with Crippen LogP contribution in [0.4, 0.5) is 5.69 Å². The smallest absolute Gasteiger partial charge is 0.328 e.